The van der Waals surface area contributed by atoms with E-state index in [1.165, 1.54) is 0 Å². The first-order chi connectivity index (χ1) is 21.7. The molecule has 1 aromatic rings. The maximum atomic E-state index is 13.4. The Morgan fingerprint density at radius 2 is 2.07 bits per heavy atom. The van der Waals surface area contributed by atoms with Gasteiger partial charge in [-0.1, -0.05) is 43.3 Å². The summed E-state index contributed by atoms with van der Waals surface area (Å²) in [5.74, 6) is -0.347. The van der Waals surface area contributed by atoms with Gasteiger partial charge in [-0.2, -0.15) is 0 Å². The molecule has 1 spiro atoms. The number of anilines is 1. The molecule has 5 rings (SSSR count). The molecule has 2 saturated carbocycles. The second-order valence-corrected chi connectivity index (χ2v) is 17.7. The van der Waals surface area contributed by atoms with Crippen LogP contribution in [0.4, 0.5) is 5.69 Å². The van der Waals surface area contributed by atoms with E-state index in [0.717, 1.165) is 43.3 Å². The number of allylic oxidation sites excluding steroid dienone is 5. The number of fused-ring (bicyclic) bond motifs is 2. The average Bonchev–Trinajstić information content (AvgIpc) is 3.12. The van der Waals surface area contributed by atoms with E-state index in [1.54, 1.807) is 37.5 Å². The molecule has 1 aromatic carbocycles. The second-order valence-electron chi connectivity index (χ2n) is 13.8. The van der Waals surface area contributed by atoms with Crippen molar-refractivity contribution in [3.05, 3.63) is 70.8 Å². The van der Waals surface area contributed by atoms with Crippen molar-refractivity contribution in [1.82, 2.24) is 4.72 Å². The summed E-state index contributed by atoms with van der Waals surface area (Å²) in [7, 11) is -5.26. The molecule has 8 nitrogen and oxygen atoms in total. The van der Waals surface area contributed by atoms with Crippen molar-refractivity contribution in [3.63, 3.8) is 0 Å². The number of carbonyl (C=O) groups is 1. The lowest BCUT2D eigenvalue weighted by Crippen LogP contribution is -2.53. The number of hydrogen-bond acceptors (Lipinski definition) is 7. The van der Waals surface area contributed by atoms with Crippen LogP contribution in [0, 0.1) is 23.2 Å². The molecule has 0 aromatic heterocycles. The third-order valence-corrected chi connectivity index (χ3v) is 13.8. The van der Waals surface area contributed by atoms with E-state index in [9.17, 15) is 22.5 Å². The lowest BCUT2D eigenvalue weighted by molar-refractivity contribution is -0.0285. The maximum absolute atomic E-state index is 13.4. The van der Waals surface area contributed by atoms with Crippen molar-refractivity contribution in [2.45, 2.75) is 70.1 Å². The number of nitrogens with zero attached hydrogens (tertiary/aromatic N) is 1. The third-order valence-electron chi connectivity index (χ3n) is 10.7. The molecule has 0 radical (unpaired) electrons. The van der Waals surface area contributed by atoms with Crippen molar-refractivity contribution >= 4 is 44.0 Å². The summed E-state index contributed by atoms with van der Waals surface area (Å²) in [5, 5.41) is 11.8. The monoisotopic (exact) mass is 690 g/mol. The van der Waals surface area contributed by atoms with Crippen molar-refractivity contribution in [2.24, 2.45) is 23.2 Å². The number of sulfonamides is 1. The van der Waals surface area contributed by atoms with E-state index in [4.69, 9.17) is 16.3 Å². The summed E-state index contributed by atoms with van der Waals surface area (Å²) < 4.78 is 47.9. The van der Waals surface area contributed by atoms with Gasteiger partial charge < -0.3 is 14.7 Å². The van der Waals surface area contributed by atoms with Gasteiger partial charge in [0, 0.05) is 46.2 Å². The lowest BCUT2D eigenvalue weighted by atomic mass is 9.64. The number of rotatable bonds is 3. The Morgan fingerprint density at radius 3 is 2.74 bits per heavy atom. The topological polar surface area (TPSA) is 113 Å². The van der Waals surface area contributed by atoms with E-state index >= 15 is 0 Å². The molecule has 2 fully saturated rings. The van der Waals surface area contributed by atoms with E-state index in [-0.39, 0.29) is 29.1 Å². The fourth-order valence-electron chi connectivity index (χ4n) is 7.50. The quantitative estimate of drug-likeness (QED) is 0.382. The van der Waals surface area contributed by atoms with Gasteiger partial charge in [-0.15, -0.1) is 0 Å². The molecule has 2 N–H and O–H groups in total. The number of carbonyl (C=O) groups excluding carboxylic acids is 1. The number of amides is 1. The molecule has 252 valence electrons. The molecular formula is C35H47ClN2O6S2. The van der Waals surface area contributed by atoms with Crippen LogP contribution in [0.1, 0.15) is 69.7 Å². The van der Waals surface area contributed by atoms with E-state index < -0.39 is 43.0 Å². The predicted molar refractivity (Wildman–Crippen MR) is 186 cm³/mol. The van der Waals surface area contributed by atoms with Gasteiger partial charge in [0.05, 0.1) is 28.9 Å². The molecule has 2 bridgehead atoms. The SMILES string of the molecule is C=C1/C(=C\C(Cl)=C/C)CCC[C@]12COc1ccc3cc1N(C[C@@H]1CC[C@H]1[C@](O)(C[S@](C)=O)/C=C/C[C@H](C)[C@@H](C)S(=O)(=O)NC3=O)C2. The highest BCUT2D eigenvalue weighted by Gasteiger charge is 2.48. The zero-order chi connectivity index (χ0) is 33.4. The van der Waals surface area contributed by atoms with E-state index in [0.29, 0.717) is 42.6 Å². The Balaban J connectivity index is 1.60. The largest absolute Gasteiger partial charge is 0.490 e. The molecule has 2 aliphatic carbocycles. The number of aliphatic hydroxyl groups is 1. The third kappa shape index (κ3) is 7.05. The number of ether oxygens (including phenoxy) is 1. The summed E-state index contributed by atoms with van der Waals surface area (Å²) in [5.41, 5.74) is 1.29. The first-order valence-electron chi connectivity index (χ1n) is 16.2. The van der Waals surface area contributed by atoms with Gasteiger partial charge in [0.25, 0.3) is 5.91 Å². The zero-order valence-corrected chi connectivity index (χ0v) is 29.6. The lowest BCUT2D eigenvalue weighted by Gasteiger charge is -2.49. The minimum Gasteiger partial charge on any atom is -0.490 e. The summed E-state index contributed by atoms with van der Waals surface area (Å²) in [6.07, 6.45) is 13.7. The molecule has 0 unspecified atom stereocenters. The molecule has 2 heterocycles. The van der Waals surface area contributed by atoms with Crippen LogP contribution in [0.3, 0.4) is 0 Å². The van der Waals surface area contributed by atoms with Gasteiger partial charge in [-0.3, -0.25) is 9.00 Å². The standard InChI is InChI=1S/C35H47ClN2O6S2/c1-6-29(36)17-26-10-8-15-34(24(26)3)20-38-19-28-11-13-30(28)35(40,22-45(5)41)16-7-9-23(2)25(4)46(42,43)37-33(39)27-12-14-32(44-21-34)31(38)18-27/h6-7,12,14,16-18,23,25,28,30,40H,3,8-11,13,15,19-22H2,1-2,4-5H3,(H,37,39)/b16-7+,26-17-,29-6+/t23-,25+,28-,30+,34-,35+,45-/m0/s1. The van der Waals surface area contributed by atoms with Crippen LogP contribution in [0.2, 0.25) is 0 Å². The first-order valence-corrected chi connectivity index (χ1v) is 19.8. The molecular weight excluding hydrogens is 644 g/mol. The van der Waals surface area contributed by atoms with Crippen LogP contribution >= 0.6 is 11.6 Å². The summed E-state index contributed by atoms with van der Waals surface area (Å²) >= 11 is 6.44. The number of hydrogen-bond donors (Lipinski definition) is 2. The van der Waals surface area contributed by atoms with Crippen molar-refractivity contribution in [2.75, 3.05) is 36.6 Å². The normalized spacial score (nSPS) is 35.7. The highest BCUT2D eigenvalue weighted by atomic mass is 35.5. The summed E-state index contributed by atoms with van der Waals surface area (Å²) in [4.78, 5) is 15.7. The van der Waals surface area contributed by atoms with Crippen LogP contribution in [0.5, 0.6) is 5.75 Å². The molecule has 0 saturated heterocycles. The van der Waals surface area contributed by atoms with Crippen LogP contribution in [-0.2, 0) is 20.8 Å². The molecule has 1 amide bonds. The zero-order valence-electron chi connectivity index (χ0n) is 27.3. The van der Waals surface area contributed by atoms with Gasteiger partial charge in [0.2, 0.25) is 10.0 Å². The average molecular weight is 691 g/mol. The number of halogens is 1. The number of benzene rings is 1. The van der Waals surface area contributed by atoms with Gasteiger partial charge in [-0.25, -0.2) is 13.1 Å². The van der Waals surface area contributed by atoms with Gasteiger partial charge in [-0.05, 0) is 106 Å². The van der Waals surface area contributed by atoms with Gasteiger partial charge in [0.1, 0.15) is 5.75 Å². The Morgan fingerprint density at radius 1 is 1.30 bits per heavy atom. The van der Waals surface area contributed by atoms with Gasteiger partial charge >= 0.3 is 0 Å². The van der Waals surface area contributed by atoms with Crippen molar-refractivity contribution < 1.29 is 27.3 Å². The Hall–Kier alpha value is -2.40. The van der Waals surface area contributed by atoms with E-state index in [2.05, 4.69) is 16.2 Å². The molecule has 4 aliphatic rings. The van der Waals surface area contributed by atoms with Crippen LogP contribution < -0.4 is 14.4 Å². The molecule has 46 heavy (non-hydrogen) atoms. The summed E-state index contributed by atoms with van der Waals surface area (Å²) in [6.45, 7) is 11.4. The first kappa shape index (κ1) is 34.9. The second kappa shape index (κ2) is 13.6. The smallest absolute Gasteiger partial charge is 0.264 e. The van der Waals surface area contributed by atoms with Gasteiger partial charge in [0.15, 0.2) is 0 Å². The fraction of sp³-hybridized carbons (Fsp3) is 0.571. The Bertz CT molecular complexity index is 1600. The van der Waals surface area contributed by atoms with Crippen LogP contribution in [0.15, 0.2) is 65.3 Å². The van der Waals surface area contributed by atoms with Crippen molar-refractivity contribution in [1.29, 1.82) is 0 Å². The molecule has 11 heteroatoms. The highest BCUT2D eigenvalue weighted by molar-refractivity contribution is 7.90. The van der Waals surface area contributed by atoms with Crippen molar-refractivity contribution in [3.8, 4) is 5.75 Å². The fourth-order valence-corrected chi connectivity index (χ4v) is 9.88. The maximum Gasteiger partial charge on any atom is 0.264 e. The van der Waals surface area contributed by atoms with Crippen LogP contribution in [-0.4, -0.2) is 66.2 Å². The Labute approximate surface area is 281 Å². The van der Waals surface area contributed by atoms with Crippen LogP contribution in [0.25, 0.3) is 0 Å². The number of nitrogens with one attached hydrogen (secondary N) is 1. The minimum atomic E-state index is -4.00. The molecule has 2 aliphatic heterocycles. The predicted octanol–water partition coefficient (Wildman–Crippen LogP) is 5.86. The van der Waals surface area contributed by atoms with E-state index in [1.807, 2.05) is 32.1 Å². The highest BCUT2D eigenvalue weighted by Crippen LogP contribution is 2.50. The summed E-state index contributed by atoms with van der Waals surface area (Å²) in [6, 6.07) is 5.07. The molecule has 7 atom stereocenters. The minimum absolute atomic E-state index is 0.0904. The Kier molecular flexibility index (Phi) is 10.3.